The van der Waals surface area contributed by atoms with Crippen LogP contribution in [0, 0.1) is 10.1 Å². The fourth-order valence-electron chi connectivity index (χ4n) is 4.91. The second-order valence-corrected chi connectivity index (χ2v) is 11.3. The SMILES string of the molecule is CC(C)(C)N(CCCN1CCC(NC(=O)c2cc(-c3c(O)cc(O)cc3Oc3ccc([N+](=O)[O-])cc3)on2)CC1)C(=O)O. The highest BCUT2D eigenvalue weighted by Gasteiger charge is 2.27. The van der Waals surface area contributed by atoms with Crippen LogP contribution in [0.1, 0.15) is 50.5 Å². The summed E-state index contributed by atoms with van der Waals surface area (Å²) in [5, 5.41) is 47.8. The van der Waals surface area contributed by atoms with Gasteiger partial charge in [-0.2, -0.15) is 0 Å². The van der Waals surface area contributed by atoms with Crippen LogP contribution in [0.15, 0.2) is 47.0 Å². The molecule has 0 bridgehead atoms. The number of piperidine rings is 1. The number of nitro benzene ring substituents is 1. The van der Waals surface area contributed by atoms with Gasteiger partial charge in [-0.1, -0.05) is 5.16 Å². The van der Waals surface area contributed by atoms with Gasteiger partial charge in [0.25, 0.3) is 11.6 Å². The fraction of sp³-hybridized carbons (Fsp3) is 0.414. The largest absolute Gasteiger partial charge is 0.508 e. The summed E-state index contributed by atoms with van der Waals surface area (Å²) >= 11 is 0. The summed E-state index contributed by atoms with van der Waals surface area (Å²) in [7, 11) is 0. The maximum Gasteiger partial charge on any atom is 0.407 e. The van der Waals surface area contributed by atoms with E-state index < -0.39 is 22.5 Å². The van der Waals surface area contributed by atoms with Crippen LogP contribution in [0.3, 0.4) is 0 Å². The van der Waals surface area contributed by atoms with Crippen molar-refractivity contribution in [2.24, 2.45) is 0 Å². The van der Waals surface area contributed by atoms with Gasteiger partial charge in [0.1, 0.15) is 28.6 Å². The zero-order valence-electron chi connectivity index (χ0n) is 24.1. The van der Waals surface area contributed by atoms with Crippen molar-refractivity contribution in [3.05, 3.63) is 58.3 Å². The molecule has 14 heteroatoms. The van der Waals surface area contributed by atoms with Crippen LogP contribution in [0.25, 0.3) is 11.3 Å². The number of ether oxygens (including phenoxy) is 1. The molecule has 0 radical (unpaired) electrons. The van der Waals surface area contributed by atoms with Crippen molar-refractivity contribution in [2.45, 2.75) is 51.6 Å². The van der Waals surface area contributed by atoms with Crippen molar-refractivity contribution >= 4 is 17.7 Å². The van der Waals surface area contributed by atoms with E-state index in [9.17, 15) is 35.0 Å². The molecule has 1 aliphatic heterocycles. The summed E-state index contributed by atoms with van der Waals surface area (Å²) in [6.07, 6.45) is 1.20. The number of hydrogen-bond acceptors (Lipinski definition) is 10. The first-order valence-corrected chi connectivity index (χ1v) is 13.8. The van der Waals surface area contributed by atoms with Gasteiger partial charge in [0.2, 0.25) is 0 Å². The third-order valence-electron chi connectivity index (χ3n) is 7.15. The van der Waals surface area contributed by atoms with Gasteiger partial charge >= 0.3 is 6.09 Å². The van der Waals surface area contributed by atoms with Crippen molar-refractivity contribution in [1.82, 2.24) is 20.3 Å². The summed E-state index contributed by atoms with van der Waals surface area (Å²) in [6.45, 7) is 8.32. The lowest BCUT2D eigenvalue weighted by atomic mass is 10.0. The molecule has 0 saturated carbocycles. The number of carbonyl (C=O) groups excluding carboxylic acids is 1. The maximum atomic E-state index is 12.9. The van der Waals surface area contributed by atoms with Crippen molar-refractivity contribution in [2.75, 3.05) is 26.2 Å². The molecule has 3 aromatic rings. The van der Waals surface area contributed by atoms with E-state index in [1.54, 1.807) is 0 Å². The van der Waals surface area contributed by atoms with E-state index >= 15 is 0 Å². The number of amides is 2. The fourth-order valence-corrected chi connectivity index (χ4v) is 4.91. The number of hydrogen-bond donors (Lipinski definition) is 4. The maximum absolute atomic E-state index is 12.9. The lowest BCUT2D eigenvalue weighted by molar-refractivity contribution is -0.384. The highest BCUT2D eigenvalue weighted by atomic mass is 16.6. The number of carboxylic acid groups (broad SMARTS) is 1. The summed E-state index contributed by atoms with van der Waals surface area (Å²) in [5.74, 6) is -0.937. The van der Waals surface area contributed by atoms with Crippen molar-refractivity contribution in [1.29, 1.82) is 0 Å². The van der Waals surface area contributed by atoms with Gasteiger partial charge < -0.3 is 39.7 Å². The predicted octanol–water partition coefficient (Wildman–Crippen LogP) is 4.82. The normalized spacial score (nSPS) is 14.3. The van der Waals surface area contributed by atoms with E-state index in [4.69, 9.17) is 9.26 Å². The van der Waals surface area contributed by atoms with Crippen LogP contribution in [-0.4, -0.2) is 85.0 Å². The summed E-state index contributed by atoms with van der Waals surface area (Å²) < 4.78 is 11.1. The summed E-state index contributed by atoms with van der Waals surface area (Å²) in [4.78, 5) is 38.6. The Morgan fingerprint density at radius 1 is 1.16 bits per heavy atom. The number of nitro groups is 1. The zero-order chi connectivity index (χ0) is 31.3. The number of nitrogens with one attached hydrogen (secondary N) is 1. The number of aromatic nitrogens is 1. The van der Waals surface area contributed by atoms with Crippen LogP contribution in [0.4, 0.5) is 10.5 Å². The zero-order valence-corrected chi connectivity index (χ0v) is 24.1. The Morgan fingerprint density at radius 3 is 2.44 bits per heavy atom. The highest BCUT2D eigenvalue weighted by Crippen LogP contribution is 2.43. The summed E-state index contributed by atoms with van der Waals surface area (Å²) in [5.41, 5.74) is -0.579. The lowest BCUT2D eigenvalue weighted by Gasteiger charge is -2.35. The molecule has 1 aromatic heterocycles. The Morgan fingerprint density at radius 2 is 1.84 bits per heavy atom. The van der Waals surface area contributed by atoms with Crippen LogP contribution in [0.5, 0.6) is 23.0 Å². The predicted molar refractivity (Wildman–Crippen MR) is 154 cm³/mol. The molecule has 43 heavy (non-hydrogen) atoms. The number of phenols is 2. The average Bonchev–Trinajstić information content (AvgIpc) is 3.41. The van der Waals surface area contributed by atoms with Gasteiger partial charge in [0, 0.05) is 61.5 Å². The number of nitrogens with zero attached hydrogens (tertiary/aromatic N) is 4. The molecule has 1 aliphatic rings. The monoisotopic (exact) mass is 597 g/mol. The Hall–Kier alpha value is -4.85. The molecule has 2 aromatic carbocycles. The van der Waals surface area contributed by atoms with Crippen molar-refractivity contribution < 1.29 is 39.1 Å². The van der Waals surface area contributed by atoms with E-state index in [-0.39, 0.29) is 51.7 Å². The Bertz CT molecular complexity index is 1460. The number of carbonyl (C=O) groups is 2. The standard InChI is InChI=1S/C29H35N5O9/c1-29(2,3)33(28(38)39)12-4-11-32-13-9-18(10-14-32)30-27(37)22-17-25(43-31-22)26-23(36)15-20(35)16-24(26)42-21-7-5-19(6-8-21)34(40)41/h5-8,15-18,35-36H,4,9-14H2,1-3H3,(H,30,37)(H,38,39). The Labute approximate surface area is 247 Å². The molecule has 14 nitrogen and oxygen atoms in total. The number of phenolic OH excluding ortho intramolecular Hbond substituents is 2. The van der Waals surface area contributed by atoms with Gasteiger partial charge in [-0.3, -0.25) is 14.9 Å². The van der Waals surface area contributed by atoms with Gasteiger partial charge in [-0.05, 0) is 58.7 Å². The minimum absolute atomic E-state index is 0.0119. The molecule has 2 amide bonds. The molecule has 0 aliphatic carbocycles. The first-order valence-electron chi connectivity index (χ1n) is 13.8. The van der Waals surface area contributed by atoms with E-state index in [2.05, 4.69) is 15.4 Å². The molecule has 4 N–H and O–H groups in total. The van der Waals surface area contributed by atoms with Crippen molar-refractivity contribution in [3.63, 3.8) is 0 Å². The first-order chi connectivity index (χ1) is 20.3. The number of benzene rings is 2. The third kappa shape index (κ3) is 7.92. The molecular formula is C29H35N5O9. The van der Waals surface area contributed by atoms with Gasteiger partial charge in [0.05, 0.1) is 4.92 Å². The molecular weight excluding hydrogens is 562 g/mol. The molecule has 0 unspecified atom stereocenters. The van der Waals surface area contributed by atoms with Gasteiger partial charge in [-0.25, -0.2) is 4.79 Å². The second-order valence-electron chi connectivity index (χ2n) is 11.3. The minimum atomic E-state index is -0.932. The highest BCUT2D eigenvalue weighted by molar-refractivity contribution is 5.93. The first kappa shape index (κ1) is 31.1. The molecule has 4 rings (SSSR count). The smallest absolute Gasteiger partial charge is 0.407 e. The average molecular weight is 598 g/mol. The number of likely N-dealkylation sites (tertiary alicyclic amines) is 1. The molecule has 230 valence electrons. The van der Waals surface area contributed by atoms with Crippen molar-refractivity contribution in [3.8, 4) is 34.3 Å². The van der Waals surface area contributed by atoms with E-state index in [1.165, 1.54) is 41.3 Å². The quantitative estimate of drug-likeness (QED) is 0.185. The number of non-ortho nitro benzene ring substituents is 1. The third-order valence-corrected chi connectivity index (χ3v) is 7.15. The summed E-state index contributed by atoms with van der Waals surface area (Å²) in [6, 6.07) is 8.80. The van der Waals surface area contributed by atoms with E-state index in [0.717, 1.165) is 25.7 Å². The van der Waals surface area contributed by atoms with E-state index in [1.807, 2.05) is 20.8 Å². The molecule has 1 fully saturated rings. The minimum Gasteiger partial charge on any atom is -0.508 e. The van der Waals surface area contributed by atoms with Crippen LogP contribution >= 0.6 is 0 Å². The molecule has 0 atom stereocenters. The topological polar surface area (TPSA) is 192 Å². The lowest BCUT2D eigenvalue weighted by Crippen LogP contribution is -2.47. The molecule has 1 saturated heterocycles. The van der Waals surface area contributed by atoms with Crippen LogP contribution in [-0.2, 0) is 0 Å². The van der Waals surface area contributed by atoms with Crippen LogP contribution < -0.4 is 10.1 Å². The van der Waals surface area contributed by atoms with Gasteiger partial charge in [0.15, 0.2) is 11.5 Å². The molecule has 2 heterocycles. The Kier molecular flexibility index (Phi) is 9.39. The Balaban J connectivity index is 1.35. The second kappa shape index (κ2) is 13.0. The number of rotatable bonds is 10. The number of aromatic hydroxyl groups is 2. The van der Waals surface area contributed by atoms with Crippen LogP contribution in [0.2, 0.25) is 0 Å². The van der Waals surface area contributed by atoms with E-state index in [0.29, 0.717) is 25.8 Å². The van der Waals surface area contributed by atoms with Gasteiger partial charge in [-0.15, -0.1) is 0 Å². The molecule has 0 spiro atoms.